The molecule has 2 aromatic rings. The van der Waals surface area contributed by atoms with E-state index in [-0.39, 0.29) is 23.5 Å². The van der Waals surface area contributed by atoms with Crippen LogP contribution in [-0.4, -0.2) is 66.1 Å². The van der Waals surface area contributed by atoms with E-state index in [1.54, 1.807) is 0 Å². The minimum Gasteiger partial charge on any atom is -0.380 e. The Morgan fingerprint density at radius 1 is 1.22 bits per heavy atom. The number of anilines is 1. The Bertz CT molecular complexity index is 1100. The van der Waals surface area contributed by atoms with Crippen molar-refractivity contribution in [3.63, 3.8) is 0 Å². The lowest BCUT2D eigenvalue weighted by molar-refractivity contribution is 0.262. The number of amidine groups is 1. The normalized spacial score (nSPS) is 17.0. The summed E-state index contributed by atoms with van der Waals surface area (Å²) in [6.07, 6.45) is 1.11. The molecule has 1 saturated heterocycles. The van der Waals surface area contributed by atoms with E-state index < -0.39 is 10.2 Å². The molecule has 0 unspecified atom stereocenters. The summed E-state index contributed by atoms with van der Waals surface area (Å²) in [5, 5.41) is 6.84. The van der Waals surface area contributed by atoms with Gasteiger partial charge in [0.15, 0.2) is 5.84 Å². The van der Waals surface area contributed by atoms with Gasteiger partial charge in [0.05, 0.1) is 0 Å². The number of aliphatic imine (C=N–C) groups is 2. The first-order chi connectivity index (χ1) is 15.2. The van der Waals surface area contributed by atoms with Gasteiger partial charge in [-0.3, -0.25) is 0 Å². The molecule has 1 aromatic carbocycles. The molecule has 1 aromatic heterocycles. The number of nitrogens with one attached hydrogen (secondary N) is 1. The number of guanidine groups is 1. The first kappa shape index (κ1) is 23.4. The minimum atomic E-state index is -3.44. The fourth-order valence-electron chi connectivity index (χ4n) is 3.12. The SMILES string of the molecule is C=C(/N=C(N)\N=C(/N)c1noc(C2CCN(S(=O)(=O)N(C)C)CC2)n1)Nc1ccccc1. The quantitative estimate of drug-likeness (QED) is 0.399. The van der Waals surface area contributed by atoms with Crippen molar-refractivity contribution >= 4 is 27.7 Å². The number of hydrogen-bond acceptors (Lipinski definition) is 7. The lowest BCUT2D eigenvalue weighted by Gasteiger charge is -2.31. The van der Waals surface area contributed by atoms with Gasteiger partial charge >= 0.3 is 0 Å². The number of hydrogen-bond donors (Lipinski definition) is 3. The maximum Gasteiger partial charge on any atom is 0.281 e. The van der Waals surface area contributed by atoms with Gasteiger partial charge in [0.25, 0.3) is 10.2 Å². The molecule has 3 rings (SSSR count). The van der Waals surface area contributed by atoms with Crippen LogP contribution in [0.25, 0.3) is 0 Å². The summed E-state index contributed by atoms with van der Waals surface area (Å²) < 4.78 is 32.4. The summed E-state index contributed by atoms with van der Waals surface area (Å²) in [6, 6.07) is 9.35. The highest BCUT2D eigenvalue weighted by atomic mass is 32.2. The van der Waals surface area contributed by atoms with Crippen LogP contribution in [0.3, 0.4) is 0 Å². The van der Waals surface area contributed by atoms with Gasteiger partial charge in [0, 0.05) is 38.8 Å². The third kappa shape index (κ3) is 5.69. The highest BCUT2D eigenvalue weighted by Gasteiger charge is 2.32. The summed E-state index contributed by atoms with van der Waals surface area (Å²) in [5.41, 5.74) is 12.6. The molecule has 13 heteroatoms. The molecule has 1 aliphatic heterocycles. The highest BCUT2D eigenvalue weighted by Crippen LogP contribution is 2.28. The summed E-state index contributed by atoms with van der Waals surface area (Å²) >= 11 is 0. The van der Waals surface area contributed by atoms with E-state index in [2.05, 4.69) is 32.0 Å². The Balaban J connectivity index is 1.61. The molecule has 172 valence electrons. The van der Waals surface area contributed by atoms with E-state index in [9.17, 15) is 8.42 Å². The average molecular weight is 462 g/mol. The minimum absolute atomic E-state index is 0.0543. The molecule has 32 heavy (non-hydrogen) atoms. The molecular weight excluding hydrogens is 434 g/mol. The molecule has 1 fully saturated rings. The highest BCUT2D eigenvalue weighted by molar-refractivity contribution is 7.86. The van der Waals surface area contributed by atoms with Crippen molar-refractivity contribution in [1.82, 2.24) is 18.8 Å². The van der Waals surface area contributed by atoms with E-state index in [4.69, 9.17) is 16.0 Å². The lowest BCUT2D eigenvalue weighted by atomic mass is 9.98. The van der Waals surface area contributed by atoms with Crippen molar-refractivity contribution in [1.29, 1.82) is 0 Å². The maximum atomic E-state index is 12.2. The lowest BCUT2D eigenvalue weighted by Crippen LogP contribution is -2.44. The van der Waals surface area contributed by atoms with Gasteiger partial charge < -0.3 is 21.3 Å². The monoisotopic (exact) mass is 461 g/mol. The Labute approximate surface area is 186 Å². The Hall–Kier alpha value is -3.29. The molecule has 0 saturated carbocycles. The molecule has 0 radical (unpaired) electrons. The summed E-state index contributed by atoms with van der Waals surface area (Å²) in [7, 11) is -0.416. The van der Waals surface area contributed by atoms with Gasteiger partial charge in [-0.1, -0.05) is 29.9 Å². The van der Waals surface area contributed by atoms with Gasteiger partial charge in [-0.25, -0.2) is 0 Å². The van der Waals surface area contributed by atoms with Crippen LogP contribution in [0.5, 0.6) is 0 Å². The number of aromatic nitrogens is 2. The summed E-state index contributed by atoms with van der Waals surface area (Å²) in [6.45, 7) is 4.51. The zero-order chi connectivity index (χ0) is 23.3. The fourth-order valence-corrected chi connectivity index (χ4v) is 4.26. The van der Waals surface area contributed by atoms with Crippen molar-refractivity contribution in [3.8, 4) is 0 Å². The van der Waals surface area contributed by atoms with Crippen molar-refractivity contribution in [2.24, 2.45) is 21.5 Å². The van der Waals surface area contributed by atoms with Crippen molar-refractivity contribution in [3.05, 3.63) is 54.4 Å². The Morgan fingerprint density at radius 2 is 1.88 bits per heavy atom. The summed E-state index contributed by atoms with van der Waals surface area (Å²) in [4.78, 5) is 12.3. The van der Waals surface area contributed by atoms with Crippen molar-refractivity contribution in [2.75, 3.05) is 32.5 Å². The average Bonchev–Trinajstić information content (AvgIpc) is 3.24. The van der Waals surface area contributed by atoms with E-state index >= 15 is 0 Å². The number of rotatable bonds is 7. The second-order valence-corrected chi connectivity index (χ2v) is 9.47. The van der Waals surface area contributed by atoms with Gasteiger partial charge in [-0.2, -0.15) is 32.0 Å². The fraction of sp³-hybridized carbons (Fsp3) is 0.368. The van der Waals surface area contributed by atoms with Gasteiger partial charge in [-0.05, 0) is 25.0 Å². The predicted octanol–water partition coefficient (Wildman–Crippen LogP) is 0.659. The van der Waals surface area contributed by atoms with Crippen molar-refractivity contribution < 1.29 is 12.9 Å². The molecule has 5 N–H and O–H groups in total. The number of para-hydroxylation sites is 1. The van der Waals surface area contributed by atoms with Gasteiger partial charge in [0.1, 0.15) is 5.82 Å². The van der Waals surface area contributed by atoms with Gasteiger partial charge in [-0.15, -0.1) is 0 Å². The smallest absolute Gasteiger partial charge is 0.281 e. The third-order valence-electron chi connectivity index (χ3n) is 4.81. The van der Waals surface area contributed by atoms with Crippen LogP contribution in [0.2, 0.25) is 0 Å². The second-order valence-electron chi connectivity index (χ2n) is 7.32. The zero-order valence-electron chi connectivity index (χ0n) is 18.0. The first-order valence-electron chi connectivity index (χ1n) is 9.87. The van der Waals surface area contributed by atoms with E-state index in [0.29, 0.717) is 37.6 Å². The van der Waals surface area contributed by atoms with Crippen LogP contribution in [0.1, 0.15) is 30.5 Å². The molecule has 0 atom stereocenters. The van der Waals surface area contributed by atoms with Crippen molar-refractivity contribution in [2.45, 2.75) is 18.8 Å². The van der Waals surface area contributed by atoms with Crippen LogP contribution in [0.15, 0.2) is 57.2 Å². The number of nitrogens with two attached hydrogens (primary N) is 2. The molecule has 0 aliphatic carbocycles. The Kier molecular flexibility index (Phi) is 7.22. The topological polar surface area (TPSA) is 168 Å². The van der Waals surface area contributed by atoms with Crippen LogP contribution in [-0.2, 0) is 10.2 Å². The number of piperidine rings is 1. The third-order valence-corrected chi connectivity index (χ3v) is 6.75. The van der Waals surface area contributed by atoms with Crippen LogP contribution < -0.4 is 16.8 Å². The number of nitrogens with zero attached hydrogens (tertiary/aromatic N) is 6. The molecule has 0 spiro atoms. The van der Waals surface area contributed by atoms with E-state index in [1.165, 1.54) is 22.7 Å². The first-order valence-corrected chi connectivity index (χ1v) is 11.3. The van der Waals surface area contributed by atoms with Crippen LogP contribution >= 0.6 is 0 Å². The maximum absolute atomic E-state index is 12.2. The van der Waals surface area contributed by atoms with E-state index in [1.807, 2.05) is 30.3 Å². The molecule has 0 amide bonds. The molecule has 2 heterocycles. The summed E-state index contributed by atoms with van der Waals surface area (Å²) in [5.74, 6) is 0.511. The zero-order valence-corrected chi connectivity index (χ0v) is 18.8. The molecular formula is C19H27N9O3S. The second kappa shape index (κ2) is 9.89. The predicted molar refractivity (Wildman–Crippen MR) is 122 cm³/mol. The largest absolute Gasteiger partial charge is 0.380 e. The van der Waals surface area contributed by atoms with E-state index in [0.717, 1.165) is 5.69 Å². The Morgan fingerprint density at radius 3 is 2.50 bits per heavy atom. The standard InChI is InChI=1S/C19H27N9O3S/c1-13(22-15-7-5-4-6-8-15)23-19(21)24-16(20)17-25-18(31-26-17)14-9-11-28(12-10-14)32(29,30)27(2)3/h4-8,14,22H,1,9-12H2,2-3H3,(H4,20,21,23,24). The van der Waals surface area contributed by atoms with Crippen LogP contribution in [0.4, 0.5) is 5.69 Å². The van der Waals surface area contributed by atoms with Crippen LogP contribution in [0, 0.1) is 0 Å². The molecule has 12 nitrogen and oxygen atoms in total. The molecule has 1 aliphatic rings. The van der Waals surface area contributed by atoms with Gasteiger partial charge in [0.2, 0.25) is 17.7 Å². The number of benzene rings is 1. The molecule has 0 bridgehead atoms.